The van der Waals surface area contributed by atoms with Gasteiger partial charge in [0.25, 0.3) is 11.1 Å². The predicted octanol–water partition coefficient (Wildman–Crippen LogP) is 7.28. The van der Waals surface area contributed by atoms with Crippen molar-refractivity contribution in [3.63, 3.8) is 0 Å². The van der Waals surface area contributed by atoms with Crippen LogP contribution >= 0.6 is 0 Å². The minimum absolute atomic E-state index is 0.169. The number of amides is 2. The molecule has 0 unspecified atom stereocenters. The number of primary amides is 2. The Morgan fingerprint density at radius 1 is 0.679 bits per heavy atom. The fourth-order valence-electron chi connectivity index (χ4n) is 8.32. The van der Waals surface area contributed by atoms with Gasteiger partial charge in [-0.15, -0.1) is 0 Å². The Hall–Kier alpha value is -6.51. The summed E-state index contributed by atoms with van der Waals surface area (Å²) in [7, 11) is 0. The molecule has 56 heavy (non-hydrogen) atoms. The number of nitrogens with two attached hydrogens (primary N) is 2. The number of aliphatic hydroxyl groups is 1. The highest BCUT2D eigenvalue weighted by Gasteiger charge is 2.42. The second-order valence-corrected chi connectivity index (χ2v) is 14.9. The standard InChI is InChI=1S/C23H21N3O3.C22H22N2O3/c24-14-23(29-22(25)28)11-3-6-18(13-23)19-9-10-20(26-21(19)27)17-8-7-15-4-1-2-5-16(15)12-17;23-21(26)22(27)11-3-6-17(13-22)18-9-10-19(24-20(18)25)16-8-7-14-4-1-2-5-15(14)12-16/h1-2,4-5,7-10,12,18H,3,6,11,13H2,(H2,25,28)(H,26,27);1-2,4-5,7-10,12,17,27H,3,6,11,13H2,(H2,23,26)(H,24,25)/t18-,23+;17-,22+/m00/s1. The Bertz CT molecular complexity index is 2610. The van der Waals surface area contributed by atoms with Crippen molar-refractivity contribution >= 4 is 33.5 Å². The lowest BCUT2D eigenvalue weighted by molar-refractivity contribution is -0.140. The number of hydrogen-bond donors (Lipinski definition) is 5. The fraction of sp³-hybridized carbons (Fsp3) is 0.267. The SMILES string of the molecule is N#C[C@@]1(OC(N)=O)CCC[C@H](c2ccc(-c3ccc4ccccc4c3)[nH]c2=O)C1.NC(=O)[C@@]1(O)CCC[C@H](c2ccc(-c3ccc4ccccc4c3)[nH]c2=O)C1. The van der Waals surface area contributed by atoms with Crippen LogP contribution in [0.4, 0.5) is 4.79 Å². The number of hydrogen-bond acceptors (Lipinski definition) is 7. The molecule has 8 rings (SSSR count). The normalized spacial score (nSPS) is 22.0. The largest absolute Gasteiger partial charge is 0.428 e. The summed E-state index contributed by atoms with van der Waals surface area (Å²) in [6.07, 6.45) is 3.13. The number of nitriles is 1. The molecule has 11 nitrogen and oxygen atoms in total. The molecule has 11 heteroatoms. The summed E-state index contributed by atoms with van der Waals surface area (Å²) < 4.78 is 5.12. The number of nitrogens with zero attached hydrogens (tertiary/aromatic N) is 1. The van der Waals surface area contributed by atoms with Gasteiger partial charge in [-0.2, -0.15) is 5.26 Å². The van der Waals surface area contributed by atoms with E-state index in [1.54, 1.807) is 6.07 Å². The molecule has 2 aliphatic carbocycles. The van der Waals surface area contributed by atoms with Gasteiger partial charge in [0.15, 0.2) is 5.60 Å². The maximum atomic E-state index is 12.8. The first-order valence-corrected chi connectivity index (χ1v) is 18.8. The van der Waals surface area contributed by atoms with Gasteiger partial charge >= 0.3 is 6.09 Å². The molecule has 2 heterocycles. The van der Waals surface area contributed by atoms with E-state index in [4.69, 9.17) is 16.2 Å². The van der Waals surface area contributed by atoms with E-state index in [0.717, 1.165) is 56.9 Å². The first-order chi connectivity index (χ1) is 27.0. The summed E-state index contributed by atoms with van der Waals surface area (Å²) >= 11 is 0. The minimum Gasteiger partial charge on any atom is -0.428 e. The highest BCUT2D eigenvalue weighted by Crippen LogP contribution is 2.40. The lowest BCUT2D eigenvalue weighted by Crippen LogP contribution is -2.47. The second-order valence-electron chi connectivity index (χ2n) is 14.9. The number of rotatable bonds is 6. The molecule has 6 aromatic rings. The van der Waals surface area contributed by atoms with Crippen LogP contribution in [-0.2, 0) is 9.53 Å². The van der Waals surface area contributed by atoms with Gasteiger partial charge in [0.1, 0.15) is 11.7 Å². The number of aromatic amines is 2. The lowest BCUT2D eigenvalue weighted by Gasteiger charge is -2.34. The van der Waals surface area contributed by atoms with Gasteiger partial charge in [-0.25, -0.2) is 4.79 Å². The van der Waals surface area contributed by atoms with Crippen LogP contribution in [0.15, 0.2) is 119 Å². The molecule has 4 aromatic carbocycles. The van der Waals surface area contributed by atoms with Crippen molar-refractivity contribution in [3.8, 4) is 28.6 Å². The van der Waals surface area contributed by atoms with Crippen molar-refractivity contribution in [2.45, 2.75) is 74.4 Å². The van der Waals surface area contributed by atoms with Gasteiger partial charge in [0, 0.05) is 35.4 Å². The third-order valence-corrected chi connectivity index (χ3v) is 11.3. The number of ether oxygens (including phenoxy) is 1. The molecule has 2 amide bonds. The molecule has 2 aromatic heterocycles. The molecule has 2 saturated carbocycles. The van der Waals surface area contributed by atoms with Gasteiger partial charge in [0.2, 0.25) is 5.91 Å². The molecular weight excluding hydrogens is 707 g/mol. The molecule has 0 saturated heterocycles. The van der Waals surface area contributed by atoms with Crippen LogP contribution in [0.5, 0.6) is 0 Å². The third kappa shape index (κ3) is 7.97. The average Bonchev–Trinajstić information content (AvgIpc) is 3.20. The number of carbonyl (C=O) groups is 2. The number of benzene rings is 4. The van der Waals surface area contributed by atoms with Crippen LogP contribution in [0.25, 0.3) is 44.1 Å². The van der Waals surface area contributed by atoms with Crippen molar-refractivity contribution < 1.29 is 19.4 Å². The van der Waals surface area contributed by atoms with E-state index in [0.29, 0.717) is 36.8 Å². The van der Waals surface area contributed by atoms with E-state index >= 15 is 0 Å². The molecule has 2 fully saturated rings. The van der Waals surface area contributed by atoms with Crippen molar-refractivity contribution in [2.24, 2.45) is 11.5 Å². The van der Waals surface area contributed by atoms with Crippen LogP contribution in [0.1, 0.15) is 74.3 Å². The number of carbonyl (C=O) groups excluding carboxylic acids is 2. The van der Waals surface area contributed by atoms with Crippen LogP contribution in [0.2, 0.25) is 0 Å². The Labute approximate surface area is 322 Å². The summed E-state index contributed by atoms with van der Waals surface area (Å²) in [5.41, 5.74) is 11.9. The summed E-state index contributed by atoms with van der Waals surface area (Å²) in [4.78, 5) is 54.2. The number of nitrogens with one attached hydrogen (secondary N) is 2. The molecule has 284 valence electrons. The third-order valence-electron chi connectivity index (χ3n) is 11.3. The number of fused-ring (bicyclic) bond motifs is 2. The highest BCUT2D eigenvalue weighted by atomic mass is 16.6. The average molecular weight is 750 g/mol. The van der Waals surface area contributed by atoms with Crippen LogP contribution < -0.4 is 22.6 Å². The van der Waals surface area contributed by atoms with Crippen molar-refractivity contribution in [3.05, 3.63) is 141 Å². The van der Waals surface area contributed by atoms with Crippen LogP contribution in [-0.4, -0.2) is 38.3 Å². The zero-order valence-electron chi connectivity index (χ0n) is 30.8. The lowest BCUT2D eigenvalue weighted by atomic mass is 9.75. The molecule has 4 atom stereocenters. The van der Waals surface area contributed by atoms with E-state index in [1.807, 2.05) is 103 Å². The smallest absolute Gasteiger partial charge is 0.406 e. The van der Waals surface area contributed by atoms with Gasteiger partial charge in [-0.3, -0.25) is 14.4 Å². The Morgan fingerprint density at radius 2 is 1.16 bits per heavy atom. The molecule has 7 N–H and O–H groups in total. The Balaban J connectivity index is 0.000000172. The maximum absolute atomic E-state index is 12.8. The first-order valence-electron chi connectivity index (χ1n) is 18.8. The van der Waals surface area contributed by atoms with Crippen molar-refractivity contribution in [1.29, 1.82) is 5.26 Å². The number of H-pyrrole nitrogens is 2. The quantitative estimate of drug-likeness (QED) is 0.118. The Kier molecular flexibility index (Phi) is 10.6. The monoisotopic (exact) mass is 749 g/mol. The first kappa shape index (κ1) is 37.8. The number of aromatic nitrogens is 2. The highest BCUT2D eigenvalue weighted by molar-refractivity contribution is 5.88. The predicted molar refractivity (Wildman–Crippen MR) is 216 cm³/mol. The summed E-state index contributed by atoms with van der Waals surface area (Å²) in [5.74, 6) is -1.06. The van der Waals surface area contributed by atoms with Gasteiger partial charge in [-0.05, 0) is 107 Å². The Morgan fingerprint density at radius 3 is 1.62 bits per heavy atom. The van der Waals surface area contributed by atoms with E-state index in [-0.39, 0.29) is 35.8 Å². The summed E-state index contributed by atoms with van der Waals surface area (Å²) in [6, 6.07) is 37.7. The zero-order valence-corrected chi connectivity index (χ0v) is 30.8. The number of pyridine rings is 2. The van der Waals surface area contributed by atoms with Crippen molar-refractivity contribution in [1.82, 2.24) is 9.97 Å². The molecular formula is C45H43N5O6. The zero-order chi connectivity index (χ0) is 39.5. The van der Waals surface area contributed by atoms with Crippen molar-refractivity contribution in [2.75, 3.05) is 0 Å². The summed E-state index contributed by atoms with van der Waals surface area (Å²) in [6.45, 7) is 0. The fourth-order valence-corrected chi connectivity index (χ4v) is 8.32. The molecule has 0 aliphatic heterocycles. The molecule has 0 bridgehead atoms. The van der Waals surface area contributed by atoms with Gasteiger partial charge < -0.3 is 31.3 Å². The second kappa shape index (κ2) is 15.7. The van der Waals surface area contributed by atoms with Gasteiger partial charge in [0.05, 0.1) is 0 Å². The molecule has 2 aliphatic rings. The topological polar surface area (TPSA) is 205 Å². The minimum atomic E-state index is -1.52. The van der Waals surface area contributed by atoms with E-state index in [2.05, 4.69) is 16.0 Å². The van der Waals surface area contributed by atoms with E-state index in [1.165, 1.54) is 0 Å². The van der Waals surface area contributed by atoms with E-state index in [9.17, 15) is 29.5 Å². The van der Waals surface area contributed by atoms with Crippen LogP contribution in [0, 0.1) is 11.3 Å². The molecule has 0 radical (unpaired) electrons. The summed E-state index contributed by atoms with van der Waals surface area (Å²) in [5, 5.41) is 24.4. The maximum Gasteiger partial charge on any atom is 0.406 e. The van der Waals surface area contributed by atoms with E-state index < -0.39 is 23.2 Å². The molecule has 0 spiro atoms. The van der Waals surface area contributed by atoms with Crippen LogP contribution in [0.3, 0.4) is 0 Å². The van der Waals surface area contributed by atoms with Gasteiger partial charge in [-0.1, -0.05) is 84.9 Å².